The van der Waals surface area contributed by atoms with E-state index in [1.165, 1.54) is 0 Å². The van der Waals surface area contributed by atoms with Crippen LogP contribution in [0.1, 0.15) is 32.4 Å². The highest BCUT2D eigenvalue weighted by molar-refractivity contribution is 5.87. The summed E-state index contributed by atoms with van der Waals surface area (Å²) in [6.07, 6.45) is -0.309. The lowest BCUT2D eigenvalue weighted by atomic mass is 10.1. The van der Waals surface area contributed by atoms with Gasteiger partial charge in [-0.1, -0.05) is 18.7 Å². The van der Waals surface area contributed by atoms with Crippen molar-refractivity contribution in [3.63, 3.8) is 0 Å². The summed E-state index contributed by atoms with van der Waals surface area (Å²) in [5.41, 5.74) is 1.31. The van der Waals surface area contributed by atoms with Gasteiger partial charge in [0.2, 0.25) is 0 Å². The third-order valence-electron chi connectivity index (χ3n) is 2.68. The molecule has 0 aromatic heterocycles. The van der Waals surface area contributed by atoms with Gasteiger partial charge in [-0.15, -0.1) is 0 Å². The molecule has 1 unspecified atom stereocenters. The van der Waals surface area contributed by atoms with Gasteiger partial charge in [-0.3, -0.25) is 0 Å². The van der Waals surface area contributed by atoms with Gasteiger partial charge in [0.1, 0.15) is 18.5 Å². The molecule has 0 heterocycles. The molecule has 110 valence electrons. The quantitative estimate of drug-likeness (QED) is 0.416. The van der Waals surface area contributed by atoms with E-state index < -0.39 is 0 Å². The molecule has 0 aliphatic carbocycles. The second kappa shape index (κ2) is 8.38. The second-order valence-electron chi connectivity index (χ2n) is 4.44. The number of esters is 1. The van der Waals surface area contributed by atoms with Crippen molar-refractivity contribution in [2.24, 2.45) is 0 Å². The van der Waals surface area contributed by atoms with Crippen molar-refractivity contribution in [1.29, 1.82) is 0 Å². The van der Waals surface area contributed by atoms with Crippen LogP contribution in [-0.4, -0.2) is 25.8 Å². The lowest BCUT2D eigenvalue weighted by Crippen LogP contribution is -2.09. The van der Waals surface area contributed by atoms with Crippen molar-refractivity contribution in [2.75, 3.05) is 19.8 Å². The second-order valence-corrected chi connectivity index (χ2v) is 4.44. The van der Waals surface area contributed by atoms with Crippen LogP contribution in [0.2, 0.25) is 0 Å². The molecule has 0 spiro atoms. The van der Waals surface area contributed by atoms with Crippen molar-refractivity contribution in [1.82, 2.24) is 0 Å². The van der Waals surface area contributed by atoms with E-state index in [2.05, 4.69) is 6.58 Å². The van der Waals surface area contributed by atoms with Gasteiger partial charge in [-0.05, 0) is 38.5 Å². The van der Waals surface area contributed by atoms with Crippen LogP contribution in [0.15, 0.2) is 36.4 Å². The van der Waals surface area contributed by atoms with E-state index in [1.807, 2.05) is 38.1 Å². The Morgan fingerprint density at radius 3 is 2.45 bits per heavy atom. The summed E-state index contributed by atoms with van der Waals surface area (Å²) in [5.74, 6) is 0.390. The Kier molecular flexibility index (Phi) is 6.81. The van der Waals surface area contributed by atoms with Gasteiger partial charge >= 0.3 is 5.97 Å². The fraction of sp³-hybridized carbons (Fsp3) is 0.438. The molecule has 0 N–H and O–H groups in total. The molecule has 0 amide bonds. The number of hydrogen-bond donors (Lipinski definition) is 0. The van der Waals surface area contributed by atoms with E-state index in [0.717, 1.165) is 11.3 Å². The summed E-state index contributed by atoms with van der Waals surface area (Å²) in [4.78, 5) is 11.4. The molecule has 1 atom stereocenters. The molecule has 0 bridgehead atoms. The third-order valence-corrected chi connectivity index (χ3v) is 2.68. The molecule has 4 nitrogen and oxygen atoms in total. The van der Waals surface area contributed by atoms with Gasteiger partial charge in [0.05, 0.1) is 6.61 Å². The van der Waals surface area contributed by atoms with Crippen LogP contribution in [0.3, 0.4) is 0 Å². The average Bonchev–Trinajstić information content (AvgIpc) is 2.44. The zero-order chi connectivity index (χ0) is 15.0. The molecular formula is C16H22O4. The Morgan fingerprint density at radius 2 is 1.90 bits per heavy atom. The molecule has 0 saturated carbocycles. The normalized spacial score (nSPS) is 11.8. The van der Waals surface area contributed by atoms with E-state index in [4.69, 9.17) is 14.2 Å². The van der Waals surface area contributed by atoms with Gasteiger partial charge in [0, 0.05) is 12.2 Å². The molecule has 0 saturated heterocycles. The standard InChI is InChI=1S/C16H22O4/c1-5-18-10-11-19-15-8-6-14(7-9-15)13(4)20-16(17)12(2)3/h6-9,13H,2,5,10-11H2,1,3-4H3. The highest BCUT2D eigenvalue weighted by Gasteiger charge is 2.12. The maximum absolute atomic E-state index is 11.4. The highest BCUT2D eigenvalue weighted by Crippen LogP contribution is 2.21. The van der Waals surface area contributed by atoms with Crippen molar-refractivity contribution >= 4 is 5.97 Å². The summed E-state index contributed by atoms with van der Waals surface area (Å²) >= 11 is 0. The maximum Gasteiger partial charge on any atom is 0.333 e. The minimum Gasteiger partial charge on any atom is -0.491 e. The van der Waals surface area contributed by atoms with Crippen molar-refractivity contribution in [3.05, 3.63) is 42.0 Å². The number of benzene rings is 1. The number of carbonyl (C=O) groups excluding carboxylic acids is 1. The van der Waals surface area contributed by atoms with E-state index in [9.17, 15) is 4.79 Å². The molecule has 0 fully saturated rings. The molecule has 4 heteroatoms. The van der Waals surface area contributed by atoms with E-state index in [0.29, 0.717) is 25.4 Å². The Hall–Kier alpha value is -1.81. The number of rotatable bonds is 8. The fourth-order valence-corrected chi connectivity index (χ4v) is 1.53. The van der Waals surface area contributed by atoms with Gasteiger partial charge in [-0.25, -0.2) is 4.79 Å². The summed E-state index contributed by atoms with van der Waals surface area (Å²) in [5, 5.41) is 0. The van der Waals surface area contributed by atoms with Gasteiger partial charge < -0.3 is 14.2 Å². The van der Waals surface area contributed by atoms with Crippen LogP contribution in [-0.2, 0) is 14.3 Å². The largest absolute Gasteiger partial charge is 0.491 e. The van der Waals surface area contributed by atoms with Crippen molar-refractivity contribution < 1.29 is 19.0 Å². The molecule has 1 aromatic carbocycles. The van der Waals surface area contributed by atoms with Gasteiger partial charge in [-0.2, -0.15) is 0 Å². The van der Waals surface area contributed by atoms with Crippen LogP contribution >= 0.6 is 0 Å². The first-order valence-electron chi connectivity index (χ1n) is 6.71. The van der Waals surface area contributed by atoms with E-state index in [1.54, 1.807) is 6.92 Å². The zero-order valence-electron chi connectivity index (χ0n) is 12.3. The first-order chi connectivity index (χ1) is 9.54. The Morgan fingerprint density at radius 1 is 1.25 bits per heavy atom. The van der Waals surface area contributed by atoms with Gasteiger partial charge in [0.25, 0.3) is 0 Å². The van der Waals surface area contributed by atoms with Crippen LogP contribution in [0.25, 0.3) is 0 Å². The van der Waals surface area contributed by atoms with Crippen molar-refractivity contribution in [2.45, 2.75) is 26.9 Å². The van der Waals surface area contributed by atoms with Crippen LogP contribution in [0.5, 0.6) is 5.75 Å². The average molecular weight is 278 g/mol. The van der Waals surface area contributed by atoms with E-state index in [-0.39, 0.29) is 12.1 Å². The smallest absolute Gasteiger partial charge is 0.333 e. The Bertz CT molecular complexity index is 436. The number of hydrogen-bond acceptors (Lipinski definition) is 4. The SMILES string of the molecule is C=C(C)C(=O)OC(C)c1ccc(OCCOCC)cc1. The Labute approximate surface area is 120 Å². The molecular weight excluding hydrogens is 256 g/mol. The van der Waals surface area contributed by atoms with E-state index >= 15 is 0 Å². The number of carbonyl (C=O) groups is 1. The summed E-state index contributed by atoms with van der Waals surface area (Å²) in [6, 6.07) is 7.47. The van der Waals surface area contributed by atoms with Gasteiger partial charge in [0.15, 0.2) is 0 Å². The summed E-state index contributed by atoms with van der Waals surface area (Å²) in [6.45, 7) is 10.7. The first-order valence-corrected chi connectivity index (χ1v) is 6.71. The molecule has 0 aliphatic rings. The highest BCUT2D eigenvalue weighted by atomic mass is 16.5. The van der Waals surface area contributed by atoms with Crippen LogP contribution in [0.4, 0.5) is 0 Å². The number of ether oxygens (including phenoxy) is 3. The summed E-state index contributed by atoms with van der Waals surface area (Å²) in [7, 11) is 0. The monoisotopic (exact) mass is 278 g/mol. The maximum atomic E-state index is 11.4. The minimum atomic E-state index is -0.380. The molecule has 1 aromatic rings. The molecule has 20 heavy (non-hydrogen) atoms. The lowest BCUT2D eigenvalue weighted by molar-refractivity contribution is -0.143. The summed E-state index contributed by atoms with van der Waals surface area (Å²) < 4.78 is 16.0. The predicted octanol–water partition coefficient (Wildman–Crippen LogP) is 3.28. The third kappa shape index (κ3) is 5.45. The molecule has 0 aliphatic heterocycles. The fourth-order valence-electron chi connectivity index (χ4n) is 1.53. The molecule has 0 radical (unpaired) electrons. The van der Waals surface area contributed by atoms with Crippen LogP contribution < -0.4 is 4.74 Å². The zero-order valence-corrected chi connectivity index (χ0v) is 12.3. The lowest BCUT2D eigenvalue weighted by Gasteiger charge is -2.14. The van der Waals surface area contributed by atoms with Crippen LogP contribution in [0, 0.1) is 0 Å². The molecule has 1 rings (SSSR count). The predicted molar refractivity (Wildman–Crippen MR) is 77.8 cm³/mol. The first kappa shape index (κ1) is 16.2. The topological polar surface area (TPSA) is 44.8 Å². The minimum absolute atomic E-state index is 0.309. The van der Waals surface area contributed by atoms with Crippen molar-refractivity contribution in [3.8, 4) is 5.75 Å². The Balaban J connectivity index is 2.48.